The summed E-state index contributed by atoms with van der Waals surface area (Å²) in [4.78, 5) is 11.3. The summed E-state index contributed by atoms with van der Waals surface area (Å²) in [5.41, 5.74) is 0.940. The number of hydrogen-bond acceptors (Lipinski definition) is 4. The normalized spacial score (nSPS) is 12.3. The number of carbonyl (C=O) groups is 1. The highest BCUT2D eigenvalue weighted by molar-refractivity contribution is 7.89. The van der Waals surface area contributed by atoms with Crippen LogP contribution in [0.3, 0.4) is 0 Å². The average Bonchev–Trinajstić information content (AvgIpc) is 2.74. The van der Waals surface area contributed by atoms with Crippen molar-refractivity contribution in [1.82, 2.24) is 4.72 Å². The van der Waals surface area contributed by atoms with Gasteiger partial charge in [-0.1, -0.05) is 48.5 Å². The molecule has 6 nitrogen and oxygen atoms in total. The predicted octanol–water partition coefficient (Wildman–Crippen LogP) is 3.87. The van der Waals surface area contributed by atoms with Gasteiger partial charge in [0, 0.05) is 13.0 Å². The molecule has 0 fully saturated rings. The Labute approximate surface area is 169 Å². The zero-order valence-corrected chi connectivity index (χ0v) is 16.4. The molecule has 3 rings (SSSR count). The van der Waals surface area contributed by atoms with Crippen LogP contribution in [0.25, 0.3) is 0 Å². The van der Waals surface area contributed by atoms with Gasteiger partial charge in [-0.05, 0) is 42.0 Å². The molecule has 0 heterocycles. The van der Waals surface area contributed by atoms with Crippen LogP contribution in [-0.4, -0.2) is 26.0 Å². The minimum Gasteiger partial charge on any atom is -0.486 e. The van der Waals surface area contributed by atoms with Crippen LogP contribution in [0.2, 0.25) is 0 Å². The minimum absolute atomic E-state index is 0.162. The highest BCUT2D eigenvalue weighted by Crippen LogP contribution is 2.25. The monoisotopic (exact) mass is 411 g/mol. The van der Waals surface area contributed by atoms with Crippen molar-refractivity contribution in [2.75, 3.05) is 6.54 Å². The third-order valence-electron chi connectivity index (χ3n) is 4.30. The van der Waals surface area contributed by atoms with Gasteiger partial charge >= 0.3 is 5.97 Å². The number of nitrogens with one attached hydrogen (secondary N) is 1. The van der Waals surface area contributed by atoms with Crippen LogP contribution in [0.5, 0.6) is 5.75 Å². The number of carboxylic acids is 1. The first-order valence-corrected chi connectivity index (χ1v) is 10.5. The highest BCUT2D eigenvalue weighted by Gasteiger charge is 2.18. The fourth-order valence-electron chi connectivity index (χ4n) is 2.80. The van der Waals surface area contributed by atoms with Gasteiger partial charge in [0.15, 0.2) is 0 Å². The van der Waals surface area contributed by atoms with Crippen molar-refractivity contribution < 1.29 is 23.1 Å². The molecule has 150 valence electrons. The number of carboxylic acid groups (broad SMARTS) is 1. The number of aromatic carboxylic acids is 1. The molecule has 7 heteroatoms. The molecule has 0 spiro atoms. The summed E-state index contributed by atoms with van der Waals surface area (Å²) >= 11 is 0. The first-order chi connectivity index (χ1) is 14.0. The van der Waals surface area contributed by atoms with Crippen LogP contribution in [0.15, 0.2) is 89.8 Å². The van der Waals surface area contributed by atoms with E-state index in [1.54, 1.807) is 30.3 Å². The second-order valence-electron chi connectivity index (χ2n) is 6.35. The van der Waals surface area contributed by atoms with Gasteiger partial charge in [0.05, 0.1) is 10.5 Å². The summed E-state index contributed by atoms with van der Waals surface area (Å²) < 4.78 is 33.4. The van der Waals surface area contributed by atoms with Crippen molar-refractivity contribution in [3.8, 4) is 5.75 Å². The van der Waals surface area contributed by atoms with Crippen molar-refractivity contribution in [3.05, 3.63) is 96.1 Å². The Hall–Kier alpha value is -3.16. The van der Waals surface area contributed by atoms with Gasteiger partial charge in [-0.15, -0.1) is 0 Å². The number of para-hydroxylation sites is 1. The first-order valence-electron chi connectivity index (χ1n) is 9.05. The van der Waals surface area contributed by atoms with E-state index in [0.29, 0.717) is 12.2 Å². The van der Waals surface area contributed by atoms with Crippen LogP contribution in [0.4, 0.5) is 0 Å². The average molecular weight is 411 g/mol. The molecule has 2 N–H and O–H groups in total. The molecule has 3 aromatic carbocycles. The molecule has 0 amide bonds. The summed E-state index contributed by atoms with van der Waals surface area (Å²) in [6.07, 6.45) is -0.0772. The van der Waals surface area contributed by atoms with Crippen LogP contribution >= 0.6 is 0 Å². The molecule has 0 radical (unpaired) electrons. The molecule has 0 saturated heterocycles. The summed E-state index contributed by atoms with van der Waals surface area (Å²) in [5.74, 6) is -0.363. The zero-order valence-electron chi connectivity index (χ0n) is 15.6. The van der Waals surface area contributed by atoms with Crippen molar-refractivity contribution in [2.45, 2.75) is 17.4 Å². The fraction of sp³-hybridized carbons (Fsp3) is 0.136. The molecule has 3 aromatic rings. The number of benzene rings is 3. The fourth-order valence-corrected chi connectivity index (χ4v) is 3.87. The first kappa shape index (κ1) is 20.6. The van der Waals surface area contributed by atoms with E-state index in [1.165, 1.54) is 24.3 Å². The Morgan fingerprint density at radius 3 is 2.07 bits per heavy atom. The van der Waals surface area contributed by atoms with Gasteiger partial charge in [0.2, 0.25) is 10.0 Å². The third-order valence-corrected chi connectivity index (χ3v) is 5.78. The molecule has 0 aliphatic heterocycles. The lowest BCUT2D eigenvalue weighted by Crippen LogP contribution is -2.26. The van der Waals surface area contributed by atoms with Crippen molar-refractivity contribution in [1.29, 1.82) is 0 Å². The van der Waals surface area contributed by atoms with Crippen LogP contribution < -0.4 is 9.46 Å². The smallest absolute Gasteiger partial charge is 0.335 e. The molecule has 0 aliphatic rings. The molecule has 1 unspecified atom stereocenters. The maximum absolute atomic E-state index is 12.4. The zero-order chi connectivity index (χ0) is 20.7. The van der Waals surface area contributed by atoms with E-state index in [0.717, 1.165) is 5.56 Å². The quantitative estimate of drug-likeness (QED) is 0.558. The van der Waals surface area contributed by atoms with E-state index in [4.69, 9.17) is 9.84 Å². The van der Waals surface area contributed by atoms with E-state index >= 15 is 0 Å². The predicted molar refractivity (Wildman–Crippen MR) is 109 cm³/mol. The molecule has 0 aliphatic carbocycles. The second kappa shape index (κ2) is 9.36. The van der Waals surface area contributed by atoms with Gasteiger partial charge in [0.1, 0.15) is 11.9 Å². The molecular weight excluding hydrogens is 390 g/mol. The van der Waals surface area contributed by atoms with Crippen molar-refractivity contribution in [2.24, 2.45) is 0 Å². The summed E-state index contributed by atoms with van der Waals surface area (Å²) in [5, 5.41) is 9.08. The van der Waals surface area contributed by atoms with Crippen molar-refractivity contribution >= 4 is 16.0 Å². The molecule has 0 saturated carbocycles. The van der Waals surface area contributed by atoms with Crippen LogP contribution in [0, 0.1) is 0 Å². The van der Waals surface area contributed by atoms with Gasteiger partial charge in [-0.2, -0.15) is 0 Å². The summed E-state index contributed by atoms with van der Waals surface area (Å²) in [6.45, 7) is 0.162. The van der Waals surface area contributed by atoms with E-state index in [-0.39, 0.29) is 17.0 Å². The molecule has 0 aromatic heterocycles. The Morgan fingerprint density at radius 2 is 1.48 bits per heavy atom. The second-order valence-corrected chi connectivity index (χ2v) is 8.11. The van der Waals surface area contributed by atoms with E-state index in [1.807, 2.05) is 30.3 Å². The largest absolute Gasteiger partial charge is 0.486 e. The van der Waals surface area contributed by atoms with Crippen molar-refractivity contribution in [3.63, 3.8) is 0 Å². The van der Waals surface area contributed by atoms with E-state index in [9.17, 15) is 13.2 Å². The Kier molecular flexibility index (Phi) is 6.64. The number of rotatable bonds is 9. The minimum atomic E-state index is -3.61. The SMILES string of the molecule is O=C(O)c1ccc(C(CCNS(=O)(=O)c2ccccc2)Oc2ccccc2)cc1. The Bertz CT molecular complexity index is 1040. The number of sulfonamides is 1. The molecule has 1 atom stereocenters. The lowest BCUT2D eigenvalue weighted by molar-refractivity contribution is 0.0696. The van der Waals surface area contributed by atoms with Gasteiger partial charge < -0.3 is 9.84 Å². The summed E-state index contributed by atoms with van der Waals surface area (Å²) in [6, 6.07) is 23.7. The molecule has 0 bridgehead atoms. The van der Waals surface area contributed by atoms with Crippen LogP contribution in [-0.2, 0) is 10.0 Å². The van der Waals surface area contributed by atoms with Gasteiger partial charge in [-0.25, -0.2) is 17.9 Å². The Balaban J connectivity index is 1.73. The Morgan fingerprint density at radius 1 is 0.897 bits per heavy atom. The lowest BCUT2D eigenvalue weighted by Gasteiger charge is -2.20. The summed E-state index contributed by atoms with van der Waals surface area (Å²) in [7, 11) is -3.61. The number of ether oxygens (including phenoxy) is 1. The maximum atomic E-state index is 12.4. The van der Waals surface area contributed by atoms with Crippen LogP contribution in [0.1, 0.15) is 28.4 Å². The number of hydrogen-bond donors (Lipinski definition) is 2. The van der Waals surface area contributed by atoms with Gasteiger partial charge in [-0.3, -0.25) is 0 Å². The third kappa shape index (κ3) is 5.66. The topological polar surface area (TPSA) is 92.7 Å². The highest BCUT2D eigenvalue weighted by atomic mass is 32.2. The standard InChI is InChI=1S/C22H21NO5S/c24-22(25)18-13-11-17(12-14-18)21(28-19-7-3-1-4-8-19)15-16-23-29(26,27)20-9-5-2-6-10-20/h1-14,21,23H,15-16H2,(H,24,25). The lowest BCUT2D eigenvalue weighted by atomic mass is 10.0. The van der Waals surface area contributed by atoms with Gasteiger partial charge in [0.25, 0.3) is 0 Å². The maximum Gasteiger partial charge on any atom is 0.335 e. The molecular formula is C22H21NO5S. The van der Waals surface area contributed by atoms with E-state index < -0.39 is 22.1 Å². The molecule has 29 heavy (non-hydrogen) atoms. The van der Waals surface area contributed by atoms with E-state index in [2.05, 4.69) is 4.72 Å².